The number of hydrogen-bond donors (Lipinski definition) is 0. The number of nitrogens with zero attached hydrogens (tertiary/aromatic N) is 2. The molecular weight excluding hydrogens is 336 g/mol. The number of amides is 2. The summed E-state index contributed by atoms with van der Waals surface area (Å²) < 4.78 is 0. The lowest BCUT2D eigenvalue weighted by Gasteiger charge is -2.32. The second-order valence-corrected chi connectivity index (χ2v) is 7.74. The molecule has 0 radical (unpaired) electrons. The van der Waals surface area contributed by atoms with Gasteiger partial charge in [-0.2, -0.15) is 0 Å². The number of rotatable bonds is 4. The summed E-state index contributed by atoms with van der Waals surface area (Å²) in [5.74, 6) is 0.364. The molecule has 2 aromatic rings. The van der Waals surface area contributed by atoms with Crippen LogP contribution in [-0.4, -0.2) is 47.8 Å². The summed E-state index contributed by atoms with van der Waals surface area (Å²) >= 11 is 0. The second-order valence-electron chi connectivity index (χ2n) is 7.74. The topological polar surface area (TPSA) is 40.6 Å². The Balaban J connectivity index is 1.36. The van der Waals surface area contributed by atoms with Crippen molar-refractivity contribution in [1.82, 2.24) is 9.80 Å². The van der Waals surface area contributed by atoms with Crippen molar-refractivity contribution >= 4 is 11.8 Å². The zero-order valence-corrected chi connectivity index (χ0v) is 15.8. The molecule has 0 aliphatic carbocycles. The van der Waals surface area contributed by atoms with Gasteiger partial charge < -0.3 is 9.80 Å². The molecule has 0 saturated carbocycles. The normalized spacial score (nSPS) is 22.0. The molecule has 27 heavy (non-hydrogen) atoms. The first-order valence-electron chi connectivity index (χ1n) is 9.80. The van der Waals surface area contributed by atoms with E-state index in [1.165, 1.54) is 16.7 Å². The molecule has 2 bridgehead atoms. The Hall–Kier alpha value is -2.62. The molecule has 3 saturated heterocycles. The van der Waals surface area contributed by atoms with Crippen molar-refractivity contribution in [1.29, 1.82) is 0 Å². The Bertz CT molecular complexity index is 816. The van der Waals surface area contributed by atoms with Gasteiger partial charge >= 0.3 is 0 Å². The van der Waals surface area contributed by atoms with E-state index in [-0.39, 0.29) is 23.8 Å². The summed E-state index contributed by atoms with van der Waals surface area (Å²) in [4.78, 5) is 28.8. The van der Waals surface area contributed by atoms with Gasteiger partial charge in [-0.1, -0.05) is 54.6 Å². The van der Waals surface area contributed by atoms with Crippen molar-refractivity contribution in [3.63, 3.8) is 0 Å². The summed E-state index contributed by atoms with van der Waals surface area (Å²) in [7, 11) is 1.88. The van der Waals surface area contributed by atoms with Gasteiger partial charge in [0.25, 0.3) is 0 Å². The molecule has 3 aliphatic rings. The predicted octanol–water partition coefficient (Wildman–Crippen LogP) is 3.37. The lowest BCUT2D eigenvalue weighted by atomic mass is 9.95. The molecule has 0 unspecified atom stereocenters. The number of carbonyl (C=O) groups is 2. The Kier molecular flexibility index (Phi) is 4.97. The van der Waals surface area contributed by atoms with Crippen LogP contribution in [0.2, 0.25) is 0 Å². The van der Waals surface area contributed by atoms with Crippen molar-refractivity contribution in [2.45, 2.75) is 31.7 Å². The minimum absolute atomic E-state index is 0.0112. The first kappa shape index (κ1) is 17.8. The van der Waals surface area contributed by atoms with E-state index in [1.807, 2.05) is 35.0 Å². The van der Waals surface area contributed by atoms with E-state index in [4.69, 9.17) is 0 Å². The number of aryl methyl sites for hydroxylation is 1. The fourth-order valence-corrected chi connectivity index (χ4v) is 4.26. The summed E-state index contributed by atoms with van der Waals surface area (Å²) in [6, 6.07) is 18.9. The number of hydrogen-bond acceptors (Lipinski definition) is 2. The summed E-state index contributed by atoms with van der Waals surface area (Å²) in [6.45, 7) is 1.27. The van der Waals surface area contributed by atoms with E-state index < -0.39 is 0 Å². The summed E-state index contributed by atoms with van der Waals surface area (Å²) in [5, 5.41) is 0. The standard InChI is InChI=1S/C23H26N2O2/c1-24-21-13-12-20(23(24)27)15-25(16-21)22(26)14-9-17-7-10-19(11-8-17)18-5-3-2-4-6-18/h2-8,10-11,20-21H,9,12-16H2,1H3/t20-,21+/m0/s1. The third-order valence-corrected chi connectivity index (χ3v) is 6.01. The number of piperidine rings is 1. The molecule has 0 aromatic heterocycles. The van der Waals surface area contributed by atoms with Crippen LogP contribution in [0.15, 0.2) is 54.6 Å². The van der Waals surface area contributed by atoms with Crippen molar-refractivity contribution < 1.29 is 9.59 Å². The van der Waals surface area contributed by atoms with Crippen LogP contribution in [0.5, 0.6) is 0 Å². The van der Waals surface area contributed by atoms with E-state index in [2.05, 4.69) is 36.4 Å². The smallest absolute Gasteiger partial charge is 0.227 e. The van der Waals surface area contributed by atoms with Gasteiger partial charge in [0.05, 0.1) is 5.92 Å². The number of carbonyl (C=O) groups excluding carboxylic acids is 2. The van der Waals surface area contributed by atoms with E-state index in [1.54, 1.807) is 0 Å². The Morgan fingerprint density at radius 1 is 0.963 bits per heavy atom. The van der Waals surface area contributed by atoms with Crippen molar-refractivity contribution in [3.05, 3.63) is 60.2 Å². The second kappa shape index (κ2) is 7.55. The van der Waals surface area contributed by atoms with E-state index in [0.717, 1.165) is 19.3 Å². The molecule has 3 aliphatic heterocycles. The Morgan fingerprint density at radius 2 is 1.67 bits per heavy atom. The van der Waals surface area contributed by atoms with Gasteiger partial charge in [-0.15, -0.1) is 0 Å². The molecule has 3 heterocycles. The molecule has 5 rings (SSSR count). The lowest BCUT2D eigenvalue weighted by molar-refractivity contribution is -0.138. The van der Waals surface area contributed by atoms with Gasteiger partial charge in [-0.3, -0.25) is 9.59 Å². The third kappa shape index (κ3) is 3.75. The van der Waals surface area contributed by atoms with Gasteiger partial charge in [-0.05, 0) is 36.0 Å². The van der Waals surface area contributed by atoms with Crippen LogP contribution >= 0.6 is 0 Å². The van der Waals surface area contributed by atoms with Gasteiger partial charge in [0.2, 0.25) is 11.8 Å². The van der Waals surface area contributed by atoms with Crippen molar-refractivity contribution in [2.24, 2.45) is 5.92 Å². The zero-order chi connectivity index (χ0) is 18.8. The van der Waals surface area contributed by atoms with Crippen LogP contribution in [0.4, 0.5) is 0 Å². The monoisotopic (exact) mass is 362 g/mol. The predicted molar refractivity (Wildman–Crippen MR) is 106 cm³/mol. The first-order chi connectivity index (χ1) is 13.1. The SMILES string of the molecule is CN1C(=O)[C@H]2CC[C@@H]1CN(C(=O)CCc1ccc(-c3ccccc3)cc1)C2. The maximum atomic E-state index is 12.7. The fraction of sp³-hybridized carbons (Fsp3) is 0.391. The lowest BCUT2D eigenvalue weighted by Crippen LogP contribution is -2.45. The highest BCUT2D eigenvalue weighted by molar-refractivity contribution is 5.83. The molecule has 0 spiro atoms. The minimum atomic E-state index is -0.0112. The molecule has 0 N–H and O–H groups in total. The first-order valence-corrected chi connectivity index (χ1v) is 9.80. The zero-order valence-electron chi connectivity index (χ0n) is 15.8. The van der Waals surface area contributed by atoms with E-state index in [0.29, 0.717) is 19.5 Å². The van der Waals surface area contributed by atoms with Crippen LogP contribution in [0, 0.1) is 5.92 Å². The van der Waals surface area contributed by atoms with Crippen LogP contribution in [0.3, 0.4) is 0 Å². The number of likely N-dealkylation sites (N-methyl/N-ethyl adjacent to an activating group) is 1. The highest BCUT2D eigenvalue weighted by Crippen LogP contribution is 2.28. The number of fused-ring (bicyclic) bond motifs is 4. The largest absolute Gasteiger partial charge is 0.341 e. The van der Waals surface area contributed by atoms with Crippen LogP contribution in [0.25, 0.3) is 11.1 Å². The van der Waals surface area contributed by atoms with Gasteiger partial charge in [0.15, 0.2) is 0 Å². The van der Waals surface area contributed by atoms with Crippen LogP contribution < -0.4 is 0 Å². The average molecular weight is 362 g/mol. The van der Waals surface area contributed by atoms with Gasteiger partial charge in [-0.25, -0.2) is 0 Å². The molecule has 4 heteroatoms. The Labute approximate surface area is 160 Å². The highest BCUT2D eigenvalue weighted by Gasteiger charge is 2.39. The van der Waals surface area contributed by atoms with Gasteiger partial charge in [0, 0.05) is 32.6 Å². The van der Waals surface area contributed by atoms with Gasteiger partial charge in [0.1, 0.15) is 0 Å². The molecule has 140 valence electrons. The molecular formula is C23H26N2O2. The van der Waals surface area contributed by atoms with Crippen molar-refractivity contribution in [2.75, 3.05) is 20.1 Å². The minimum Gasteiger partial charge on any atom is -0.341 e. The van der Waals surface area contributed by atoms with Crippen molar-refractivity contribution in [3.8, 4) is 11.1 Å². The third-order valence-electron chi connectivity index (χ3n) is 6.01. The summed E-state index contributed by atoms with van der Waals surface area (Å²) in [6.07, 6.45) is 3.17. The maximum absolute atomic E-state index is 12.7. The fourth-order valence-electron chi connectivity index (χ4n) is 4.26. The Morgan fingerprint density at radius 3 is 2.41 bits per heavy atom. The molecule has 2 aromatic carbocycles. The summed E-state index contributed by atoms with van der Waals surface area (Å²) in [5.41, 5.74) is 3.57. The number of benzene rings is 2. The average Bonchev–Trinajstić information content (AvgIpc) is 3.00. The van der Waals surface area contributed by atoms with Crippen LogP contribution in [0.1, 0.15) is 24.8 Å². The molecule has 2 amide bonds. The highest BCUT2D eigenvalue weighted by atomic mass is 16.2. The maximum Gasteiger partial charge on any atom is 0.227 e. The molecule has 2 atom stereocenters. The van der Waals surface area contributed by atoms with E-state index in [9.17, 15) is 9.59 Å². The quantitative estimate of drug-likeness (QED) is 0.837. The van der Waals surface area contributed by atoms with Crippen LogP contribution in [-0.2, 0) is 16.0 Å². The molecule has 4 nitrogen and oxygen atoms in total. The van der Waals surface area contributed by atoms with E-state index >= 15 is 0 Å². The molecule has 3 fully saturated rings.